The van der Waals surface area contributed by atoms with E-state index in [1.807, 2.05) is 13.1 Å². The fourth-order valence-electron chi connectivity index (χ4n) is 1.64. The van der Waals surface area contributed by atoms with Crippen molar-refractivity contribution < 1.29 is 5.11 Å². The zero-order valence-corrected chi connectivity index (χ0v) is 10.0. The maximum atomic E-state index is 9.43. The van der Waals surface area contributed by atoms with Gasteiger partial charge in [-0.3, -0.25) is 0 Å². The lowest BCUT2D eigenvalue weighted by Crippen LogP contribution is -2.26. The average Bonchev–Trinajstić information content (AvgIpc) is 2.61. The van der Waals surface area contributed by atoms with Crippen LogP contribution in [-0.4, -0.2) is 16.7 Å². The molecule has 0 radical (unpaired) electrons. The Hall–Kier alpha value is -0.410. The van der Waals surface area contributed by atoms with Crippen molar-refractivity contribution in [3.05, 3.63) is 16.1 Å². The van der Waals surface area contributed by atoms with Crippen LogP contribution in [0, 0.1) is 12.3 Å². The standard InChI is InChI=1S/C11H19NOS/c1-4-11(5-2,8-13)6-10-7-12-9(3)14-10/h7,13H,4-6,8H2,1-3H3. The van der Waals surface area contributed by atoms with Crippen LogP contribution in [0.4, 0.5) is 0 Å². The summed E-state index contributed by atoms with van der Waals surface area (Å²) in [4.78, 5) is 5.53. The number of nitrogens with zero attached hydrogens (tertiary/aromatic N) is 1. The van der Waals surface area contributed by atoms with Gasteiger partial charge >= 0.3 is 0 Å². The Morgan fingerprint density at radius 3 is 2.43 bits per heavy atom. The Morgan fingerprint density at radius 2 is 2.07 bits per heavy atom. The van der Waals surface area contributed by atoms with Crippen LogP contribution in [0.15, 0.2) is 6.20 Å². The normalized spacial score (nSPS) is 12.0. The molecule has 0 aliphatic rings. The fraction of sp³-hybridized carbons (Fsp3) is 0.727. The molecule has 0 aliphatic heterocycles. The van der Waals surface area contributed by atoms with Crippen molar-refractivity contribution in [3.8, 4) is 0 Å². The van der Waals surface area contributed by atoms with Gasteiger partial charge in [0, 0.05) is 17.7 Å². The van der Waals surface area contributed by atoms with E-state index in [0.29, 0.717) is 0 Å². The van der Waals surface area contributed by atoms with Gasteiger partial charge in [-0.1, -0.05) is 13.8 Å². The van der Waals surface area contributed by atoms with Crippen molar-refractivity contribution in [2.24, 2.45) is 5.41 Å². The maximum absolute atomic E-state index is 9.43. The van der Waals surface area contributed by atoms with Gasteiger partial charge < -0.3 is 5.11 Å². The van der Waals surface area contributed by atoms with Crippen molar-refractivity contribution in [1.82, 2.24) is 4.98 Å². The smallest absolute Gasteiger partial charge is 0.0896 e. The summed E-state index contributed by atoms with van der Waals surface area (Å²) in [6, 6.07) is 0. The van der Waals surface area contributed by atoms with Crippen LogP contribution in [0.3, 0.4) is 0 Å². The second-order valence-corrected chi connectivity index (χ2v) is 5.21. The topological polar surface area (TPSA) is 33.1 Å². The average molecular weight is 213 g/mol. The number of aliphatic hydroxyl groups is 1. The monoisotopic (exact) mass is 213 g/mol. The molecule has 0 atom stereocenters. The molecule has 1 N–H and O–H groups in total. The number of rotatable bonds is 5. The van der Waals surface area contributed by atoms with Crippen molar-refractivity contribution >= 4 is 11.3 Å². The molecule has 0 saturated carbocycles. The first-order valence-corrected chi connectivity index (χ1v) is 5.99. The molecule has 3 heteroatoms. The van der Waals surface area contributed by atoms with Gasteiger partial charge in [0.15, 0.2) is 0 Å². The van der Waals surface area contributed by atoms with Gasteiger partial charge in [-0.25, -0.2) is 4.98 Å². The van der Waals surface area contributed by atoms with Crippen LogP contribution in [0.2, 0.25) is 0 Å². The molecule has 0 unspecified atom stereocenters. The zero-order valence-electron chi connectivity index (χ0n) is 9.21. The van der Waals surface area contributed by atoms with E-state index in [1.54, 1.807) is 11.3 Å². The predicted molar refractivity (Wildman–Crippen MR) is 60.7 cm³/mol. The molecule has 0 spiro atoms. The van der Waals surface area contributed by atoms with Crippen LogP contribution >= 0.6 is 11.3 Å². The Kier molecular flexibility index (Phi) is 4.08. The molecule has 14 heavy (non-hydrogen) atoms. The van der Waals surface area contributed by atoms with Gasteiger partial charge in [0.25, 0.3) is 0 Å². The summed E-state index contributed by atoms with van der Waals surface area (Å²) >= 11 is 1.74. The highest BCUT2D eigenvalue weighted by molar-refractivity contribution is 7.11. The minimum Gasteiger partial charge on any atom is -0.396 e. The van der Waals surface area contributed by atoms with Crippen LogP contribution in [0.1, 0.15) is 36.6 Å². The SMILES string of the molecule is CCC(CC)(CO)Cc1cnc(C)s1. The van der Waals surface area contributed by atoms with Gasteiger partial charge in [0.05, 0.1) is 5.01 Å². The van der Waals surface area contributed by atoms with Gasteiger partial charge in [-0.2, -0.15) is 0 Å². The fourth-order valence-corrected chi connectivity index (χ4v) is 2.60. The van der Waals surface area contributed by atoms with E-state index in [9.17, 15) is 5.11 Å². The van der Waals surface area contributed by atoms with Gasteiger partial charge in [-0.05, 0) is 31.6 Å². The van der Waals surface area contributed by atoms with Crippen molar-refractivity contribution in [2.75, 3.05) is 6.61 Å². The molecule has 0 saturated heterocycles. The van der Waals surface area contributed by atoms with E-state index in [0.717, 1.165) is 24.3 Å². The molecule has 0 fully saturated rings. The highest BCUT2D eigenvalue weighted by Gasteiger charge is 2.26. The largest absolute Gasteiger partial charge is 0.396 e. The van der Waals surface area contributed by atoms with E-state index < -0.39 is 0 Å². The third kappa shape index (κ3) is 2.55. The molecular formula is C11H19NOS. The third-order valence-corrected chi connectivity index (χ3v) is 3.97. The Balaban J connectivity index is 2.73. The van der Waals surface area contributed by atoms with Crippen LogP contribution in [0.25, 0.3) is 0 Å². The molecule has 0 amide bonds. The predicted octanol–water partition coefficient (Wildman–Crippen LogP) is 2.79. The van der Waals surface area contributed by atoms with Gasteiger partial charge in [-0.15, -0.1) is 11.3 Å². The second kappa shape index (κ2) is 4.89. The van der Waals surface area contributed by atoms with Crippen LogP contribution < -0.4 is 0 Å². The number of aryl methyl sites for hydroxylation is 1. The summed E-state index contributed by atoms with van der Waals surface area (Å²) in [6.07, 6.45) is 4.95. The number of thiazole rings is 1. The number of aliphatic hydroxyl groups excluding tert-OH is 1. The summed E-state index contributed by atoms with van der Waals surface area (Å²) < 4.78 is 0. The molecule has 1 rings (SSSR count). The van der Waals surface area contributed by atoms with Crippen molar-refractivity contribution in [3.63, 3.8) is 0 Å². The third-order valence-electron chi connectivity index (χ3n) is 3.05. The first-order chi connectivity index (χ1) is 6.65. The Labute approximate surface area is 90.0 Å². The molecule has 1 aromatic heterocycles. The van der Waals surface area contributed by atoms with Crippen molar-refractivity contribution in [1.29, 1.82) is 0 Å². The maximum Gasteiger partial charge on any atom is 0.0896 e. The molecule has 0 bridgehead atoms. The molecule has 1 aromatic rings. The molecule has 80 valence electrons. The minimum absolute atomic E-state index is 0.0684. The van der Waals surface area contributed by atoms with Crippen LogP contribution in [-0.2, 0) is 6.42 Å². The summed E-state index contributed by atoms with van der Waals surface area (Å²) in [5, 5.41) is 10.5. The number of hydrogen-bond acceptors (Lipinski definition) is 3. The quantitative estimate of drug-likeness (QED) is 0.816. The Morgan fingerprint density at radius 1 is 1.43 bits per heavy atom. The molecule has 0 aromatic carbocycles. The van der Waals surface area contributed by atoms with E-state index >= 15 is 0 Å². The van der Waals surface area contributed by atoms with E-state index in [2.05, 4.69) is 18.8 Å². The Bertz CT molecular complexity index is 270. The lowest BCUT2D eigenvalue weighted by molar-refractivity contribution is 0.116. The van der Waals surface area contributed by atoms with Gasteiger partial charge in [0.2, 0.25) is 0 Å². The first kappa shape index (κ1) is 11.7. The van der Waals surface area contributed by atoms with E-state index in [1.165, 1.54) is 4.88 Å². The number of aromatic nitrogens is 1. The highest BCUT2D eigenvalue weighted by Crippen LogP contribution is 2.32. The molecule has 2 nitrogen and oxygen atoms in total. The summed E-state index contributed by atoms with van der Waals surface area (Å²) in [6.45, 7) is 6.59. The van der Waals surface area contributed by atoms with Crippen LogP contribution in [0.5, 0.6) is 0 Å². The summed E-state index contributed by atoms with van der Waals surface area (Å²) in [7, 11) is 0. The second-order valence-electron chi connectivity index (χ2n) is 3.89. The van der Waals surface area contributed by atoms with E-state index in [4.69, 9.17) is 0 Å². The zero-order chi connectivity index (χ0) is 10.6. The molecular weight excluding hydrogens is 194 g/mol. The van der Waals surface area contributed by atoms with Crippen molar-refractivity contribution in [2.45, 2.75) is 40.0 Å². The summed E-state index contributed by atoms with van der Waals surface area (Å²) in [5.41, 5.74) is 0.0684. The van der Waals surface area contributed by atoms with Gasteiger partial charge in [0.1, 0.15) is 0 Å². The first-order valence-electron chi connectivity index (χ1n) is 5.18. The summed E-state index contributed by atoms with van der Waals surface area (Å²) in [5.74, 6) is 0. The minimum atomic E-state index is 0.0684. The number of hydrogen-bond donors (Lipinski definition) is 1. The lowest BCUT2D eigenvalue weighted by Gasteiger charge is -2.28. The van der Waals surface area contributed by atoms with E-state index in [-0.39, 0.29) is 12.0 Å². The molecule has 1 heterocycles. The molecule has 0 aliphatic carbocycles. The lowest BCUT2D eigenvalue weighted by atomic mass is 9.80. The highest BCUT2D eigenvalue weighted by atomic mass is 32.1.